The van der Waals surface area contributed by atoms with Gasteiger partial charge in [-0.2, -0.15) is 0 Å². The first-order valence-electron chi connectivity index (χ1n) is 12.0. The number of benzene rings is 1. The van der Waals surface area contributed by atoms with E-state index in [4.69, 9.17) is 9.47 Å². The second-order valence-electron chi connectivity index (χ2n) is 10.3. The molecule has 1 aliphatic heterocycles. The minimum absolute atomic E-state index is 0.0290. The summed E-state index contributed by atoms with van der Waals surface area (Å²) in [5.74, 6) is 0.546. The van der Waals surface area contributed by atoms with Gasteiger partial charge < -0.3 is 19.3 Å². The van der Waals surface area contributed by atoms with Crippen molar-refractivity contribution in [3.63, 3.8) is 0 Å². The normalized spacial score (nSPS) is 26.1. The summed E-state index contributed by atoms with van der Waals surface area (Å²) in [5, 5.41) is 0. The van der Waals surface area contributed by atoms with E-state index in [-0.39, 0.29) is 22.7 Å². The van der Waals surface area contributed by atoms with Crippen LogP contribution in [0.2, 0.25) is 0 Å². The Labute approximate surface area is 192 Å². The van der Waals surface area contributed by atoms with E-state index in [2.05, 4.69) is 34.1 Å². The summed E-state index contributed by atoms with van der Waals surface area (Å²) in [5.41, 5.74) is 0.991. The van der Waals surface area contributed by atoms with E-state index in [9.17, 15) is 9.59 Å². The Morgan fingerprint density at radius 1 is 1.09 bits per heavy atom. The van der Waals surface area contributed by atoms with Crippen LogP contribution in [0.1, 0.15) is 56.9 Å². The predicted molar refractivity (Wildman–Crippen MR) is 123 cm³/mol. The van der Waals surface area contributed by atoms with Crippen LogP contribution in [0.3, 0.4) is 0 Å². The fourth-order valence-electron chi connectivity index (χ4n) is 5.92. The maximum atomic E-state index is 12.7. The third-order valence-corrected chi connectivity index (χ3v) is 8.12. The zero-order valence-corrected chi connectivity index (χ0v) is 19.8. The van der Waals surface area contributed by atoms with Gasteiger partial charge in [0.2, 0.25) is 5.91 Å². The number of piperidine rings is 1. The molecule has 2 atom stereocenters. The number of carbonyl (C=O) groups excluding carboxylic acids is 2. The highest BCUT2D eigenvalue weighted by atomic mass is 16.5. The van der Waals surface area contributed by atoms with Gasteiger partial charge in [-0.15, -0.1) is 0 Å². The molecular weight excluding hydrogens is 404 g/mol. The molecule has 0 radical (unpaired) electrons. The predicted octanol–water partition coefficient (Wildman–Crippen LogP) is 3.46. The number of nitrogens with zero attached hydrogens (tertiary/aromatic N) is 2. The minimum Gasteiger partial charge on any atom is -0.469 e. The molecule has 2 saturated carbocycles. The number of ether oxygens (including phenoxy) is 2. The lowest BCUT2D eigenvalue weighted by atomic mass is 9.68. The van der Waals surface area contributed by atoms with Crippen molar-refractivity contribution in [3.05, 3.63) is 35.9 Å². The van der Waals surface area contributed by atoms with Gasteiger partial charge in [0.25, 0.3) is 0 Å². The van der Waals surface area contributed by atoms with Crippen LogP contribution in [-0.4, -0.2) is 74.7 Å². The molecule has 0 aromatic heterocycles. The Balaban J connectivity index is 1.39. The minimum atomic E-state index is -0.307. The van der Waals surface area contributed by atoms with E-state index in [0.29, 0.717) is 18.6 Å². The lowest BCUT2D eigenvalue weighted by Crippen LogP contribution is -2.54. The van der Waals surface area contributed by atoms with Gasteiger partial charge >= 0.3 is 5.97 Å². The van der Waals surface area contributed by atoms with Crippen LogP contribution in [0.15, 0.2) is 30.3 Å². The van der Waals surface area contributed by atoms with Crippen LogP contribution in [0.5, 0.6) is 0 Å². The van der Waals surface area contributed by atoms with Crippen molar-refractivity contribution in [2.75, 3.05) is 47.0 Å². The second-order valence-corrected chi connectivity index (χ2v) is 10.3. The van der Waals surface area contributed by atoms with E-state index in [1.807, 2.05) is 6.07 Å². The first kappa shape index (κ1) is 23.2. The molecule has 3 aliphatic rings. The van der Waals surface area contributed by atoms with Crippen molar-refractivity contribution in [1.29, 1.82) is 0 Å². The number of hydrogen-bond donors (Lipinski definition) is 0. The molecule has 0 N–H and O–H groups in total. The summed E-state index contributed by atoms with van der Waals surface area (Å²) < 4.78 is 10.8. The molecule has 1 unspecified atom stereocenters. The fraction of sp³-hybridized carbons (Fsp3) is 0.692. The highest BCUT2D eigenvalue weighted by molar-refractivity contribution is 5.78. The number of methoxy groups -OCH3 is 2. The molecule has 1 amide bonds. The van der Waals surface area contributed by atoms with Gasteiger partial charge in [0, 0.05) is 44.5 Å². The SMILES string of the molecule is COCC1(CN(C(C)=O)[C@@H]2CC2c2ccccc2)CCN(CC2(C(=O)OC)CCC2)CC1. The maximum Gasteiger partial charge on any atom is 0.313 e. The molecule has 32 heavy (non-hydrogen) atoms. The molecule has 0 spiro atoms. The first-order valence-corrected chi connectivity index (χ1v) is 12.0. The summed E-state index contributed by atoms with van der Waals surface area (Å²) in [7, 11) is 3.26. The average molecular weight is 443 g/mol. The topological polar surface area (TPSA) is 59.1 Å². The number of amides is 1. The van der Waals surface area contributed by atoms with Crippen molar-refractivity contribution < 1.29 is 19.1 Å². The smallest absolute Gasteiger partial charge is 0.313 e. The lowest BCUT2D eigenvalue weighted by Gasteiger charge is -2.48. The zero-order chi connectivity index (χ0) is 22.8. The van der Waals surface area contributed by atoms with Crippen molar-refractivity contribution >= 4 is 11.9 Å². The maximum absolute atomic E-state index is 12.7. The number of carbonyl (C=O) groups is 2. The van der Waals surface area contributed by atoms with Crippen molar-refractivity contribution in [2.45, 2.75) is 57.4 Å². The molecule has 3 fully saturated rings. The molecule has 2 aliphatic carbocycles. The van der Waals surface area contributed by atoms with Crippen LogP contribution >= 0.6 is 0 Å². The zero-order valence-electron chi connectivity index (χ0n) is 19.8. The third kappa shape index (κ3) is 4.72. The first-order chi connectivity index (χ1) is 15.4. The number of esters is 1. The average Bonchev–Trinajstić information content (AvgIpc) is 3.57. The van der Waals surface area contributed by atoms with Crippen molar-refractivity contribution in [2.24, 2.45) is 10.8 Å². The molecule has 4 rings (SSSR count). The van der Waals surface area contributed by atoms with Crippen LogP contribution in [0, 0.1) is 10.8 Å². The van der Waals surface area contributed by atoms with Crippen LogP contribution in [0.4, 0.5) is 0 Å². The van der Waals surface area contributed by atoms with Gasteiger partial charge in [0.1, 0.15) is 0 Å². The molecule has 0 bridgehead atoms. The van der Waals surface area contributed by atoms with Crippen LogP contribution < -0.4 is 0 Å². The van der Waals surface area contributed by atoms with E-state index in [1.54, 1.807) is 14.0 Å². The number of likely N-dealkylation sites (tertiary alicyclic amines) is 1. The molecule has 1 aromatic carbocycles. The standard InChI is InChI=1S/C26H38N2O4/c1-20(29)28(23-16-22(23)21-8-5-4-6-9-21)17-25(19-31-2)12-14-27(15-13-25)18-26(10-7-11-26)24(30)32-3/h4-6,8-9,22-23H,7,10-19H2,1-3H3/t22?,23-/m1/s1. The quantitative estimate of drug-likeness (QED) is 0.548. The molecule has 176 valence electrons. The molecule has 6 nitrogen and oxygen atoms in total. The van der Waals surface area contributed by atoms with E-state index in [1.165, 1.54) is 12.7 Å². The van der Waals surface area contributed by atoms with Crippen molar-refractivity contribution in [3.8, 4) is 0 Å². The van der Waals surface area contributed by atoms with E-state index >= 15 is 0 Å². The lowest BCUT2D eigenvalue weighted by molar-refractivity contribution is -0.161. The summed E-state index contributed by atoms with van der Waals surface area (Å²) in [4.78, 5) is 29.5. The van der Waals surface area contributed by atoms with Gasteiger partial charge in [0.15, 0.2) is 0 Å². The van der Waals surface area contributed by atoms with Crippen LogP contribution in [0.25, 0.3) is 0 Å². The van der Waals surface area contributed by atoms with Crippen LogP contribution in [-0.2, 0) is 19.1 Å². The Hall–Kier alpha value is -1.92. The molecule has 1 saturated heterocycles. The summed E-state index contributed by atoms with van der Waals surface area (Å²) >= 11 is 0. The Morgan fingerprint density at radius 3 is 2.31 bits per heavy atom. The third-order valence-electron chi connectivity index (χ3n) is 8.12. The molecule has 1 aromatic rings. The Kier molecular flexibility index (Phi) is 6.91. The van der Waals surface area contributed by atoms with E-state index in [0.717, 1.165) is 64.7 Å². The van der Waals surface area contributed by atoms with Gasteiger partial charge in [-0.1, -0.05) is 36.8 Å². The largest absolute Gasteiger partial charge is 0.469 e. The van der Waals surface area contributed by atoms with Crippen molar-refractivity contribution in [1.82, 2.24) is 9.80 Å². The highest BCUT2D eigenvalue weighted by Gasteiger charge is 2.49. The van der Waals surface area contributed by atoms with Gasteiger partial charge in [0.05, 0.1) is 19.1 Å². The monoisotopic (exact) mass is 442 g/mol. The summed E-state index contributed by atoms with van der Waals surface area (Å²) in [6, 6.07) is 10.8. The summed E-state index contributed by atoms with van der Waals surface area (Å²) in [6.07, 6.45) is 5.96. The Bertz CT molecular complexity index is 799. The highest BCUT2D eigenvalue weighted by Crippen LogP contribution is 2.47. The van der Waals surface area contributed by atoms with Gasteiger partial charge in [-0.05, 0) is 50.8 Å². The van der Waals surface area contributed by atoms with E-state index < -0.39 is 0 Å². The number of rotatable bonds is 9. The van der Waals surface area contributed by atoms with Gasteiger partial charge in [-0.25, -0.2) is 0 Å². The second kappa shape index (κ2) is 9.52. The molecule has 1 heterocycles. The molecule has 6 heteroatoms. The number of hydrogen-bond acceptors (Lipinski definition) is 5. The van der Waals surface area contributed by atoms with Gasteiger partial charge in [-0.3, -0.25) is 9.59 Å². The summed E-state index contributed by atoms with van der Waals surface area (Å²) in [6.45, 7) is 5.77. The molecular formula is C26H38N2O4. The fourth-order valence-corrected chi connectivity index (χ4v) is 5.92. The Morgan fingerprint density at radius 2 is 1.78 bits per heavy atom.